The number of aryl methyl sites for hydroxylation is 1. The maximum Gasteiger partial charge on any atom is 0.145 e. The van der Waals surface area contributed by atoms with Crippen molar-refractivity contribution in [1.82, 2.24) is 4.57 Å². The Hall–Kier alpha value is -6.84. The van der Waals surface area contributed by atoms with Crippen LogP contribution >= 0.6 is 0 Å². The van der Waals surface area contributed by atoms with E-state index in [4.69, 9.17) is 4.42 Å². The van der Waals surface area contributed by atoms with Gasteiger partial charge in [0.1, 0.15) is 11.2 Å². The van der Waals surface area contributed by atoms with Gasteiger partial charge in [-0.15, -0.1) is 0 Å². The first-order valence-electron chi connectivity index (χ1n) is 17.8. The minimum absolute atomic E-state index is 0.865. The molecule has 0 bridgehead atoms. The Labute approximate surface area is 302 Å². The molecule has 0 radical (unpaired) electrons. The fourth-order valence-corrected chi connectivity index (χ4v) is 7.99. The lowest BCUT2D eigenvalue weighted by molar-refractivity contribution is 0.670. The normalized spacial score (nSPS) is 11.6. The van der Waals surface area contributed by atoms with Gasteiger partial charge in [0.25, 0.3) is 0 Å². The summed E-state index contributed by atoms with van der Waals surface area (Å²) in [6, 6.07) is 67.0. The Balaban J connectivity index is 1.24. The first-order valence-corrected chi connectivity index (χ1v) is 17.8. The third-order valence-corrected chi connectivity index (χ3v) is 10.3. The largest absolute Gasteiger partial charge is 0.455 e. The summed E-state index contributed by atoms with van der Waals surface area (Å²) in [4.78, 5) is 2.39. The van der Waals surface area contributed by atoms with E-state index in [1.54, 1.807) is 0 Å². The molecule has 0 atom stereocenters. The number of benzene rings is 8. The molecule has 0 fully saturated rings. The molecule has 0 saturated heterocycles. The van der Waals surface area contributed by atoms with Gasteiger partial charge in [0.15, 0.2) is 0 Å². The number of hydrogen-bond donors (Lipinski definition) is 0. The van der Waals surface area contributed by atoms with Gasteiger partial charge in [-0.05, 0) is 84.3 Å². The van der Waals surface area contributed by atoms with Gasteiger partial charge in [-0.25, -0.2) is 0 Å². The number of rotatable bonds is 6. The average molecular weight is 667 g/mol. The van der Waals surface area contributed by atoms with Gasteiger partial charge in [-0.2, -0.15) is 0 Å². The molecule has 0 unspecified atom stereocenters. The molecule has 10 aromatic rings. The van der Waals surface area contributed by atoms with Crippen LogP contribution in [-0.2, 0) is 0 Å². The summed E-state index contributed by atoms with van der Waals surface area (Å²) < 4.78 is 9.32. The van der Waals surface area contributed by atoms with E-state index in [0.717, 1.165) is 55.8 Å². The fourth-order valence-electron chi connectivity index (χ4n) is 7.99. The fraction of sp³-hybridized carbons (Fsp3) is 0.0204. The standard InChI is InChI=1S/C49H34N2O/c1-33-32-35(34-16-4-2-5-17-34)28-30-42(33)50(36-18-6-3-7-19-36)46-31-29-40(49-48(46)41-23-11-15-27-47(41)52-49)39-22-10-14-26-45(39)51-43-24-12-8-20-37(43)38-21-9-13-25-44(38)51/h2-32H,1H3. The van der Waals surface area contributed by atoms with Gasteiger partial charge in [0, 0.05) is 38.7 Å². The second-order valence-electron chi connectivity index (χ2n) is 13.4. The molecule has 0 spiro atoms. The van der Waals surface area contributed by atoms with Crippen LogP contribution in [0.1, 0.15) is 5.56 Å². The number of nitrogens with zero attached hydrogens (tertiary/aromatic N) is 2. The zero-order chi connectivity index (χ0) is 34.6. The maximum atomic E-state index is 6.92. The van der Waals surface area contributed by atoms with Crippen molar-refractivity contribution in [3.8, 4) is 27.9 Å². The van der Waals surface area contributed by atoms with Crippen LogP contribution in [0.15, 0.2) is 192 Å². The molecule has 10 rings (SSSR count). The predicted octanol–water partition coefficient (Wildman–Crippen LogP) is 13.8. The van der Waals surface area contributed by atoms with Crippen LogP contribution in [0.3, 0.4) is 0 Å². The zero-order valence-electron chi connectivity index (χ0n) is 28.7. The number of aromatic nitrogens is 1. The van der Waals surface area contributed by atoms with E-state index in [-0.39, 0.29) is 0 Å². The second kappa shape index (κ2) is 12.2. The lowest BCUT2D eigenvalue weighted by atomic mass is 9.97. The van der Waals surface area contributed by atoms with Crippen molar-refractivity contribution in [2.24, 2.45) is 0 Å². The van der Waals surface area contributed by atoms with Gasteiger partial charge in [-0.1, -0.05) is 127 Å². The minimum Gasteiger partial charge on any atom is -0.455 e. The van der Waals surface area contributed by atoms with Crippen molar-refractivity contribution in [3.05, 3.63) is 194 Å². The molecule has 8 aromatic carbocycles. The Kier molecular flexibility index (Phi) is 7.04. The van der Waals surface area contributed by atoms with Crippen molar-refractivity contribution in [3.63, 3.8) is 0 Å². The highest BCUT2D eigenvalue weighted by Gasteiger charge is 2.24. The number of hydrogen-bond acceptors (Lipinski definition) is 2. The molecule has 0 aliphatic rings. The predicted molar refractivity (Wildman–Crippen MR) is 218 cm³/mol. The van der Waals surface area contributed by atoms with Crippen LogP contribution in [0.2, 0.25) is 0 Å². The molecule has 52 heavy (non-hydrogen) atoms. The highest BCUT2D eigenvalue weighted by molar-refractivity contribution is 6.18. The summed E-state index contributed by atoms with van der Waals surface area (Å²) >= 11 is 0. The summed E-state index contributed by atoms with van der Waals surface area (Å²) in [5.41, 5.74) is 14.2. The molecule has 0 N–H and O–H groups in total. The number of fused-ring (bicyclic) bond motifs is 6. The summed E-state index contributed by atoms with van der Waals surface area (Å²) in [5, 5.41) is 4.65. The molecule has 0 aliphatic heterocycles. The molecule has 246 valence electrons. The topological polar surface area (TPSA) is 21.3 Å². The summed E-state index contributed by atoms with van der Waals surface area (Å²) in [7, 11) is 0. The summed E-state index contributed by atoms with van der Waals surface area (Å²) in [6.07, 6.45) is 0. The van der Waals surface area contributed by atoms with E-state index in [1.807, 2.05) is 0 Å². The summed E-state index contributed by atoms with van der Waals surface area (Å²) in [6.45, 7) is 2.21. The van der Waals surface area contributed by atoms with Crippen molar-refractivity contribution in [2.75, 3.05) is 4.90 Å². The summed E-state index contributed by atoms with van der Waals surface area (Å²) in [5.74, 6) is 0. The number of anilines is 3. The Morgan fingerprint density at radius 1 is 0.462 bits per heavy atom. The van der Waals surface area contributed by atoms with Crippen LogP contribution in [0.5, 0.6) is 0 Å². The molecular formula is C49H34N2O. The van der Waals surface area contributed by atoms with Crippen LogP contribution in [0.4, 0.5) is 17.1 Å². The highest BCUT2D eigenvalue weighted by Crippen LogP contribution is 2.48. The van der Waals surface area contributed by atoms with Crippen LogP contribution in [0, 0.1) is 6.92 Å². The average Bonchev–Trinajstić information content (AvgIpc) is 3.76. The van der Waals surface area contributed by atoms with Crippen molar-refractivity contribution in [2.45, 2.75) is 6.92 Å². The maximum absolute atomic E-state index is 6.92. The monoisotopic (exact) mass is 666 g/mol. The second-order valence-corrected chi connectivity index (χ2v) is 13.4. The van der Waals surface area contributed by atoms with Gasteiger partial charge in [-0.3, -0.25) is 0 Å². The molecular weight excluding hydrogens is 633 g/mol. The smallest absolute Gasteiger partial charge is 0.145 e. The van der Waals surface area contributed by atoms with E-state index >= 15 is 0 Å². The third-order valence-electron chi connectivity index (χ3n) is 10.3. The molecule has 2 aromatic heterocycles. The highest BCUT2D eigenvalue weighted by atomic mass is 16.3. The molecule has 3 heteroatoms. The number of furan rings is 1. The quantitative estimate of drug-likeness (QED) is 0.176. The molecule has 0 amide bonds. The Morgan fingerprint density at radius 2 is 1.06 bits per heavy atom. The van der Waals surface area contributed by atoms with Gasteiger partial charge in [0.05, 0.1) is 27.8 Å². The third kappa shape index (κ3) is 4.74. The molecule has 2 heterocycles. The SMILES string of the molecule is Cc1cc(-c2ccccc2)ccc1N(c1ccccc1)c1ccc(-c2ccccc2-n2c3ccccc3c3ccccc32)c2oc3ccccc3c12. The van der Waals surface area contributed by atoms with Gasteiger partial charge in [0.2, 0.25) is 0 Å². The van der Waals surface area contributed by atoms with Gasteiger partial charge < -0.3 is 13.9 Å². The molecule has 0 aliphatic carbocycles. The van der Waals surface area contributed by atoms with E-state index in [9.17, 15) is 0 Å². The lowest BCUT2D eigenvalue weighted by Gasteiger charge is -2.28. The van der Waals surface area contributed by atoms with Crippen molar-refractivity contribution >= 4 is 60.8 Å². The van der Waals surface area contributed by atoms with E-state index in [1.165, 1.54) is 38.5 Å². The molecule has 3 nitrogen and oxygen atoms in total. The van der Waals surface area contributed by atoms with Crippen LogP contribution in [-0.4, -0.2) is 4.57 Å². The van der Waals surface area contributed by atoms with Crippen LogP contribution < -0.4 is 4.90 Å². The zero-order valence-corrected chi connectivity index (χ0v) is 28.7. The Bertz CT molecular complexity index is 2860. The first-order chi connectivity index (χ1) is 25.7. The van der Waals surface area contributed by atoms with Crippen molar-refractivity contribution in [1.29, 1.82) is 0 Å². The van der Waals surface area contributed by atoms with E-state index in [2.05, 4.69) is 204 Å². The van der Waals surface area contributed by atoms with Gasteiger partial charge >= 0.3 is 0 Å². The Morgan fingerprint density at radius 3 is 1.79 bits per heavy atom. The van der Waals surface area contributed by atoms with Crippen LogP contribution in [0.25, 0.3) is 71.7 Å². The van der Waals surface area contributed by atoms with E-state index < -0.39 is 0 Å². The van der Waals surface area contributed by atoms with Crippen molar-refractivity contribution < 1.29 is 4.42 Å². The first kappa shape index (κ1) is 30.0. The number of para-hydroxylation sites is 5. The van der Waals surface area contributed by atoms with E-state index in [0.29, 0.717) is 0 Å². The lowest BCUT2D eigenvalue weighted by Crippen LogP contribution is -2.12. The minimum atomic E-state index is 0.865. The molecule has 0 saturated carbocycles.